The Morgan fingerprint density at radius 1 is 1.11 bits per heavy atom. The number of anilines is 2. The number of carbonyl (C=O) groups is 3. The number of amides is 3. The summed E-state index contributed by atoms with van der Waals surface area (Å²) in [5.41, 5.74) is 13.0. The van der Waals surface area contributed by atoms with Crippen molar-refractivity contribution in [2.24, 2.45) is 5.73 Å². The molecule has 1 fully saturated rings. The number of hydrogen-bond acceptors (Lipinski definition) is 7. The van der Waals surface area contributed by atoms with Crippen molar-refractivity contribution in [1.29, 1.82) is 0 Å². The third-order valence-corrected chi connectivity index (χ3v) is 7.17. The summed E-state index contributed by atoms with van der Waals surface area (Å²) in [6, 6.07) is 12.3. The first kappa shape index (κ1) is 25.2. The van der Waals surface area contributed by atoms with Crippen molar-refractivity contribution in [3.05, 3.63) is 70.2 Å². The van der Waals surface area contributed by atoms with E-state index < -0.39 is 17.9 Å². The molecule has 0 aliphatic heterocycles. The summed E-state index contributed by atoms with van der Waals surface area (Å²) >= 11 is 0.763. The van der Waals surface area contributed by atoms with E-state index in [1.54, 1.807) is 30.3 Å². The van der Waals surface area contributed by atoms with E-state index >= 15 is 0 Å². The average molecular weight is 508 g/mol. The predicted octanol–water partition coefficient (Wildman–Crippen LogP) is 3.68. The molecule has 1 unspecified atom stereocenters. The largest absolute Gasteiger partial charge is 0.508 e. The van der Waals surface area contributed by atoms with Crippen molar-refractivity contribution < 1.29 is 19.5 Å². The quantitative estimate of drug-likeness (QED) is 0.383. The molecule has 0 bridgehead atoms. The Morgan fingerprint density at radius 3 is 2.42 bits per heavy atom. The van der Waals surface area contributed by atoms with E-state index in [1.807, 2.05) is 13.0 Å². The molecular weight excluding hydrogens is 478 g/mol. The standard InChI is InChI=1S/C26H29N5O4S/c1-15-6-5-9-18(14-15)31(26(35)23-20(27)21(24(28)33)30-36-23)22(16-10-12-19(32)13-11-16)25(34)29-17-7-3-2-4-8-17/h5-6,9-14,17,22,32H,2-4,7-8,27H2,1H3,(H2,28,33)(H,29,34). The maximum Gasteiger partial charge on any atom is 0.273 e. The Bertz CT molecular complexity index is 1270. The predicted molar refractivity (Wildman–Crippen MR) is 139 cm³/mol. The van der Waals surface area contributed by atoms with Crippen LogP contribution < -0.4 is 21.7 Å². The highest BCUT2D eigenvalue weighted by molar-refractivity contribution is 7.09. The summed E-state index contributed by atoms with van der Waals surface area (Å²) in [5.74, 6) is -1.73. The smallest absolute Gasteiger partial charge is 0.273 e. The number of carbonyl (C=O) groups excluding carboxylic acids is 3. The van der Waals surface area contributed by atoms with Crippen LogP contribution in [0.3, 0.4) is 0 Å². The van der Waals surface area contributed by atoms with Gasteiger partial charge in [0.25, 0.3) is 11.8 Å². The van der Waals surface area contributed by atoms with Crippen LogP contribution in [0.2, 0.25) is 0 Å². The van der Waals surface area contributed by atoms with Gasteiger partial charge in [-0.25, -0.2) is 0 Å². The topological polar surface area (TPSA) is 152 Å². The van der Waals surface area contributed by atoms with Crippen LogP contribution in [-0.2, 0) is 4.79 Å². The number of phenolic OH excluding ortho intramolecular Hbond substituents is 1. The van der Waals surface area contributed by atoms with Gasteiger partial charge in [0.1, 0.15) is 16.7 Å². The molecule has 2 aromatic carbocycles. The molecule has 1 aromatic heterocycles. The Labute approximate surface area is 213 Å². The molecule has 36 heavy (non-hydrogen) atoms. The van der Waals surface area contributed by atoms with Gasteiger partial charge in [-0.1, -0.05) is 43.5 Å². The van der Waals surface area contributed by atoms with Crippen LogP contribution in [0.5, 0.6) is 5.75 Å². The van der Waals surface area contributed by atoms with Gasteiger partial charge in [0, 0.05) is 11.7 Å². The number of aromatic hydroxyl groups is 1. The normalized spacial score (nSPS) is 14.7. The number of aromatic nitrogens is 1. The second kappa shape index (κ2) is 10.8. The van der Waals surface area contributed by atoms with Crippen LogP contribution in [0, 0.1) is 6.92 Å². The van der Waals surface area contributed by atoms with Crippen molar-refractivity contribution in [2.75, 3.05) is 10.6 Å². The van der Waals surface area contributed by atoms with E-state index in [0.717, 1.165) is 49.2 Å². The zero-order chi connectivity index (χ0) is 25.8. The maximum atomic E-state index is 14.0. The molecule has 3 aromatic rings. The number of primary amides is 1. The molecule has 1 saturated carbocycles. The number of benzene rings is 2. The molecule has 6 N–H and O–H groups in total. The summed E-state index contributed by atoms with van der Waals surface area (Å²) in [6.45, 7) is 1.88. The SMILES string of the molecule is Cc1cccc(N(C(=O)c2snc(C(N)=O)c2N)C(C(=O)NC2CCCCC2)c2ccc(O)cc2)c1. The third-order valence-electron chi connectivity index (χ3n) is 6.32. The molecular formula is C26H29N5O4S. The average Bonchev–Trinajstić information content (AvgIpc) is 3.25. The first-order valence-electron chi connectivity index (χ1n) is 11.8. The highest BCUT2D eigenvalue weighted by atomic mass is 32.1. The minimum absolute atomic E-state index is 0.00950. The number of nitrogens with zero attached hydrogens (tertiary/aromatic N) is 2. The minimum atomic E-state index is -1.07. The minimum Gasteiger partial charge on any atom is -0.508 e. The van der Waals surface area contributed by atoms with E-state index in [4.69, 9.17) is 11.5 Å². The van der Waals surface area contributed by atoms with Crippen molar-refractivity contribution in [3.63, 3.8) is 0 Å². The number of nitrogens with two attached hydrogens (primary N) is 2. The number of aryl methyl sites for hydroxylation is 1. The summed E-state index contributed by atoms with van der Waals surface area (Å²) in [6.07, 6.45) is 4.94. The second-order valence-corrected chi connectivity index (χ2v) is 9.76. The summed E-state index contributed by atoms with van der Waals surface area (Å²) in [4.78, 5) is 41.0. The number of phenols is 1. The van der Waals surface area contributed by atoms with E-state index in [-0.39, 0.29) is 34.0 Å². The first-order chi connectivity index (χ1) is 17.3. The van der Waals surface area contributed by atoms with Crippen molar-refractivity contribution in [2.45, 2.75) is 51.1 Å². The fourth-order valence-electron chi connectivity index (χ4n) is 4.50. The lowest BCUT2D eigenvalue weighted by Crippen LogP contribution is -2.47. The summed E-state index contributed by atoms with van der Waals surface area (Å²) in [7, 11) is 0. The second-order valence-electron chi connectivity index (χ2n) is 8.99. The van der Waals surface area contributed by atoms with Crippen molar-refractivity contribution in [1.82, 2.24) is 9.69 Å². The monoisotopic (exact) mass is 507 g/mol. The van der Waals surface area contributed by atoms with Gasteiger partial charge in [0.05, 0.1) is 5.69 Å². The van der Waals surface area contributed by atoms with Gasteiger partial charge in [0.15, 0.2) is 5.69 Å². The highest BCUT2D eigenvalue weighted by Gasteiger charge is 2.37. The summed E-state index contributed by atoms with van der Waals surface area (Å²) in [5, 5.41) is 13.0. The van der Waals surface area contributed by atoms with Gasteiger partial charge in [-0.2, -0.15) is 4.37 Å². The molecule has 1 aliphatic rings. The fourth-order valence-corrected chi connectivity index (χ4v) is 5.24. The van der Waals surface area contributed by atoms with Crippen LogP contribution >= 0.6 is 11.5 Å². The number of hydrogen-bond donors (Lipinski definition) is 4. The molecule has 1 heterocycles. The molecule has 10 heteroatoms. The lowest BCUT2D eigenvalue weighted by molar-refractivity contribution is -0.123. The van der Waals surface area contributed by atoms with Crippen LogP contribution in [0.4, 0.5) is 11.4 Å². The van der Waals surface area contributed by atoms with Crippen LogP contribution in [0.25, 0.3) is 0 Å². The van der Waals surface area contributed by atoms with Gasteiger partial charge >= 0.3 is 0 Å². The zero-order valence-corrected chi connectivity index (χ0v) is 20.8. The molecule has 0 saturated heterocycles. The third kappa shape index (κ3) is 5.33. The molecule has 0 radical (unpaired) electrons. The van der Waals surface area contributed by atoms with E-state index in [1.165, 1.54) is 17.0 Å². The van der Waals surface area contributed by atoms with E-state index in [9.17, 15) is 19.5 Å². The molecule has 9 nitrogen and oxygen atoms in total. The van der Waals surface area contributed by atoms with Crippen LogP contribution in [-0.4, -0.2) is 33.2 Å². The molecule has 188 valence electrons. The molecule has 1 aliphatic carbocycles. The van der Waals surface area contributed by atoms with E-state index in [2.05, 4.69) is 9.69 Å². The van der Waals surface area contributed by atoms with Crippen molar-refractivity contribution >= 4 is 40.6 Å². The molecule has 3 amide bonds. The molecule has 4 rings (SSSR count). The van der Waals surface area contributed by atoms with Crippen LogP contribution in [0.15, 0.2) is 48.5 Å². The van der Waals surface area contributed by atoms with Gasteiger partial charge in [-0.05, 0) is 66.7 Å². The van der Waals surface area contributed by atoms with Gasteiger partial charge in [-0.15, -0.1) is 0 Å². The Hall–Kier alpha value is -3.92. The number of nitrogen functional groups attached to an aromatic ring is 1. The zero-order valence-electron chi connectivity index (χ0n) is 19.9. The lowest BCUT2D eigenvalue weighted by Gasteiger charge is -2.33. The van der Waals surface area contributed by atoms with Crippen molar-refractivity contribution in [3.8, 4) is 5.75 Å². The number of rotatable bonds is 7. The molecule has 1 atom stereocenters. The highest BCUT2D eigenvalue weighted by Crippen LogP contribution is 2.34. The lowest BCUT2D eigenvalue weighted by atomic mass is 9.94. The first-order valence-corrected chi connectivity index (χ1v) is 12.6. The van der Waals surface area contributed by atoms with Gasteiger partial charge < -0.3 is 21.9 Å². The van der Waals surface area contributed by atoms with E-state index in [0.29, 0.717) is 11.3 Å². The fraction of sp³-hybridized carbons (Fsp3) is 0.308. The Morgan fingerprint density at radius 2 is 1.81 bits per heavy atom. The maximum absolute atomic E-state index is 14.0. The van der Waals surface area contributed by atoms with Gasteiger partial charge in [-0.3, -0.25) is 19.3 Å². The van der Waals surface area contributed by atoms with Gasteiger partial charge in [0.2, 0.25) is 5.91 Å². The Balaban J connectivity index is 1.84. The molecule has 0 spiro atoms. The summed E-state index contributed by atoms with van der Waals surface area (Å²) < 4.78 is 3.97. The van der Waals surface area contributed by atoms with Crippen LogP contribution in [0.1, 0.15) is 69.4 Å². The number of nitrogens with one attached hydrogen (secondary N) is 1. The Kier molecular flexibility index (Phi) is 7.54.